The average Bonchev–Trinajstić information content (AvgIpc) is 2.69. The molecule has 122 valence electrons. The fraction of sp³-hybridized carbons (Fsp3) is 0.500. The van der Waals surface area contributed by atoms with Crippen LogP contribution in [0.4, 0.5) is 5.69 Å². The first-order chi connectivity index (χ1) is 10.3. The number of rotatable bonds is 5. The SMILES string of the molecule is I.NC(=NCCCN1CCCCCC1=O)Nc1ccccc1. The van der Waals surface area contributed by atoms with Crippen LogP contribution in [-0.4, -0.2) is 36.4 Å². The van der Waals surface area contributed by atoms with Crippen LogP contribution in [0.3, 0.4) is 0 Å². The molecule has 6 heteroatoms. The minimum absolute atomic E-state index is 0. The van der Waals surface area contributed by atoms with E-state index in [1.165, 1.54) is 0 Å². The number of nitrogens with two attached hydrogens (primary N) is 1. The number of guanidine groups is 1. The molecule has 1 amide bonds. The van der Waals surface area contributed by atoms with Crippen molar-refractivity contribution >= 4 is 41.5 Å². The Kier molecular flexibility index (Phi) is 8.88. The normalized spacial score (nSPS) is 15.9. The molecule has 0 unspecified atom stereocenters. The lowest BCUT2D eigenvalue weighted by Gasteiger charge is -2.19. The lowest BCUT2D eigenvalue weighted by Crippen LogP contribution is -2.31. The molecule has 3 N–H and O–H groups in total. The van der Waals surface area contributed by atoms with Gasteiger partial charge in [-0.1, -0.05) is 24.6 Å². The molecule has 1 aromatic rings. The third kappa shape index (κ3) is 6.64. The van der Waals surface area contributed by atoms with Crippen LogP contribution in [0.2, 0.25) is 0 Å². The van der Waals surface area contributed by atoms with Gasteiger partial charge in [-0.15, -0.1) is 24.0 Å². The Labute approximate surface area is 149 Å². The average molecular weight is 416 g/mol. The van der Waals surface area contributed by atoms with Crippen molar-refractivity contribution in [2.24, 2.45) is 10.7 Å². The molecule has 0 saturated carbocycles. The number of carbonyl (C=O) groups excluding carboxylic acids is 1. The van der Waals surface area contributed by atoms with Crippen LogP contribution in [-0.2, 0) is 4.79 Å². The zero-order chi connectivity index (χ0) is 14.9. The number of carbonyl (C=O) groups is 1. The number of hydrogen-bond donors (Lipinski definition) is 2. The molecular weight excluding hydrogens is 391 g/mol. The molecule has 1 heterocycles. The third-order valence-corrected chi connectivity index (χ3v) is 3.59. The summed E-state index contributed by atoms with van der Waals surface area (Å²) in [7, 11) is 0. The Balaban J connectivity index is 0.00000242. The zero-order valence-corrected chi connectivity index (χ0v) is 15.2. The fourth-order valence-electron chi connectivity index (χ4n) is 2.44. The lowest BCUT2D eigenvalue weighted by molar-refractivity contribution is -0.130. The van der Waals surface area contributed by atoms with Crippen LogP contribution in [0, 0.1) is 0 Å². The van der Waals surface area contributed by atoms with Crippen LogP contribution in [0.1, 0.15) is 32.1 Å². The van der Waals surface area contributed by atoms with Crippen LogP contribution in [0.15, 0.2) is 35.3 Å². The maximum absolute atomic E-state index is 11.8. The summed E-state index contributed by atoms with van der Waals surface area (Å²) in [5.41, 5.74) is 6.77. The van der Waals surface area contributed by atoms with E-state index in [-0.39, 0.29) is 29.9 Å². The topological polar surface area (TPSA) is 70.7 Å². The Morgan fingerprint density at radius 1 is 1.23 bits per heavy atom. The van der Waals surface area contributed by atoms with Crippen molar-refractivity contribution in [3.8, 4) is 0 Å². The monoisotopic (exact) mass is 416 g/mol. The Morgan fingerprint density at radius 2 is 2.00 bits per heavy atom. The molecule has 0 bridgehead atoms. The van der Waals surface area contributed by atoms with Crippen molar-refractivity contribution in [2.45, 2.75) is 32.1 Å². The van der Waals surface area contributed by atoms with Gasteiger partial charge in [0.1, 0.15) is 0 Å². The van der Waals surface area contributed by atoms with Gasteiger partial charge in [0.2, 0.25) is 5.91 Å². The molecule has 0 spiro atoms. The van der Waals surface area contributed by atoms with E-state index in [1.54, 1.807) is 0 Å². The summed E-state index contributed by atoms with van der Waals surface area (Å²) in [6, 6.07) is 9.73. The van der Waals surface area contributed by atoms with E-state index in [0.717, 1.165) is 44.5 Å². The number of amides is 1. The summed E-state index contributed by atoms with van der Waals surface area (Å²) < 4.78 is 0. The van der Waals surface area contributed by atoms with Crippen LogP contribution in [0.5, 0.6) is 0 Å². The highest BCUT2D eigenvalue weighted by atomic mass is 127. The Hall–Kier alpha value is -1.31. The van der Waals surface area contributed by atoms with E-state index in [2.05, 4.69) is 10.3 Å². The number of nitrogens with one attached hydrogen (secondary N) is 1. The van der Waals surface area contributed by atoms with Gasteiger partial charge in [-0.3, -0.25) is 9.79 Å². The summed E-state index contributed by atoms with van der Waals surface area (Å²) in [6.07, 6.45) is 4.85. The number of hydrogen-bond acceptors (Lipinski definition) is 2. The minimum Gasteiger partial charge on any atom is -0.370 e. The summed E-state index contributed by atoms with van der Waals surface area (Å²) in [4.78, 5) is 18.1. The van der Waals surface area contributed by atoms with E-state index >= 15 is 0 Å². The number of anilines is 1. The van der Waals surface area contributed by atoms with Gasteiger partial charge in [-0.2, -0.15) is 0 Å². The number of nitrogens with zero attached hydrogens (tertiary/aromatic N) is 2. The molecule has 0 aromatic heterocycles. The molecule has 0 radical (unpaired) electrons. The van der Waals surface area contributed by atoms with Gasteiger partial charge < -0.3 is 16.0 Å². The standard InChI is InChI=1S/C16H24N4O.HI/c17-16(19-14-8-3-1-4-9-14)18-11-7-13-20-12-6-2-5-10-15(20)21;/h1,3-4,8-9H,2,5-7,10-13H2,(H3,17,18,19);1H. The first kappa shape index (κ1) is 18.7. The highest BCUT2D eigenvalue weighted by molar-refractivity contribution is 14.0. The number of benzene rings is 1. The van der Waals surface area contributed by atoms with Crippen molar-refractivity contribution < 1.29 is 4.79 Å². The van der Waals surface area contributed by atoms with Crippen LogP contribution in [0.25, 0.3) is 0 Å². The summed E-state index contributed by atoms with van der Waals surface area (Å²) >= 11 is 0. The molecule has 2 rings (SSSR count). The maximum atomic E-state index is 11.8. The Morgan fingerprint density at radius 3 is 2.77 bits per heavy atom. The van der Waals surface area contributed by atoms with Crippen molar-refractivity contribution in [3.63, 3.8) is 0 Å². The van der Waals surface area contributed by atoms with Gasteiger partial charge in [0.15, 0.2) is 5.96 Å². The highest BCUT2D eigenvalue weighted by Gasteiger charge is 2.15. The predicted octanol–water partition coefficient (Wildman–Crippen LogP) is 2.82. The maximum Gasteiger partial charge on any atom is 0.222 e. The van der Waals surface area contributed by atoms with Crippen LogP contribution < -0.4 is 11.1 Å². The molecule has 0 atom stereocenters. The molecule has 5 nitrogen and oxygen atoms in total. The van der Waals surface area contributed by atoms with E-state index in [9.17, 15) is 4.79 Å². The van der Waals surface area contributed by atoms with Gasteiger partial charge in [0.05, 0.1) is 0 Å². The van der Waals surface area contributed by atoms with Crippen molar-refractivity contribution in [1.82, 2.24) is 4.90 Å². The quantitative estimate of drug-likeness (QED) is 0.336. The molecule has 1 fully saturated rings. The lowest BCUT2D eigenvalue weighted by atomic mass is 10.2. The predicted molar refractivity (Wildman–Crippen MR) is 102 cm³/mol. The molecule has 1 aliphatic heterocycles. The summed E-state index contributed by atoms with van der Waals surface area (Å²) in [6.45, 7) is 2.30. The van der Waals surface area contributed by atoms with Crippen molar-refractivity contribution in [3.05, 3.63) is 30.3 Å². The second kappa shape index (κ2) is 10.4. The van der Waals surface area contributed by atoms with Crippen LogP contribution >= 0.6 is 24.0 Å². The molecule has 0 aliphatic carbocycles. The van der Waals surface area contributed by atoms with Gasteiger partial charge in [-0.05, 0) is 31.4 Å². The van der Waals surface area contributed by atoms with E-state index in [4.69, 9.17) is 5.73 Å². The van der Waals surface area contributed by atoms with Gasteiger partial charge >= 0.3 is 0 Å². The summed E-state index contributed by atoms with van der Waals surface area (Å²) in [5, 5.41) is 3.05. The van der Waals surface area contributed by atoms with Gasteiger partial charge in [-0.25, -0.2) is 0 Å². The van der Waals surface area contributed by atoms with Gasteiger partial charge in [0, 0.05) is 31.7 Å². The fourth-order valence-corrected chi connectivity index (χ4v) is 2.44. The smallest absolute Gasteiger partial charge is 0.222 e. The zero-order valence-electron chi connectivity index (χ0n) is 12.8. The number of para-hydroxylation sites is 1. The van der Waals surface area contributed by atoms with E-state index < -0.39 is 0 Å². The second-order valence-electron chi connectivity index (χ2n) is 5.30. The second-order valence-corrected chi connectivity index (χ2v) is 5.30. The van der Waals surface area contributed by atoms with Crippen molar-refractivity contribution in [2.75, 3.05) is 25.0 Å². The van der Waals surface area contributed by atoms with E-state index in [0.29, 0.717) is 18.9 Å². The highest BCUT2D eigenvalue weighted by Crippen LogP contribution is 2.11. The van der Waals surface area contributed by atoms with Crippen molar-refractivity contribution in [1.29, 1.82) is 0 Å². The molecule has 1 aromatic carbocycles. The number of aliphatic imine (C=N–C) groups is 1. The largest absolute Gasteiger partial charge is 0.370 e. The Bertz CT molecular complexity index is 478. The van der Waals surface area contributed by atoms with Gasteiger partial charge in [0.25, 0.3) is 0 Å². The molecule has 1 saturated heterocycles. The third-order valence-electron chi connectivity index (χ3n) is 3.59. The number of halogens is 1. The number of likely N-dealkylation sites (tertiary alicyclic amines) is 1. The molecular formula is C16H25IN4O. The minimum atomic E-state index is 0. The first-order valence-electron chi connectivity index (χ1n) is 7.65. The first-order valence-corrected chi connectivity index (χ1v) is 7.65. The summed E-state index contributed by atoms with van der Waals surface area (Å²) in [5.74, 6) is 0.704. The molecule has 22 heavy (non-hydrogen) atoms. The molecule has 1 aliphatic rings. The van der Waals surface area contributed by atoms with E-state index in [1.807, 2.05) is 35.2 Å².